The lowest BCUT2D eigenvalue weighted by atomic mass is 9.85. The molecular weight excluding hydrogens is 372 g/mol. The van der Waals surface area contributed by atoms with E-state index >= 15 is 0 Å². The van der Waals surface area contributed by atoms with Gasteiger partial charge in [0.2, 0.25) is 5.79 Å². The highest BCUT2D eigenvalue weighted by Crippen LogP contribution is 2.41. The number of benzene rings is 1. The van der Waals surface area contributed by atoms with Crippen molar-refractivity contribution in [2.24, 2.45) is 5.41 Å². The predicted molar refractivity (Wildman–Crippen MR) is 113 cm³/mol. The summed E-state index contributed by atoms with van der Waals surface area (Å²) < 4.78 is 30.2. The van der Waals surface area contributed by atoms with Crippen LogP contribution in [0.25, 0.3) is 0 Å². The van der Waals surface area contributed by atoms with Gasteiger partial charge in [-0.05, 0) is 51.3 Å². The summed E-state index contributed by atoms with van der Waals surface area (Å²) in [5.74, 6) is 0.313. The van der Waals surface area contributed by atoms with Crippen molar-refractivity contribution in [1.82, 2.24) is 0 Å². The average Bonchev–Trinajstić information content (AvgIpc) is 2.61. The SMILES string of the molecule is CCO[Si](CCCc1ccc2c(c1)COC(C)(C(C)(C)C)O2)(OCC)OCC. The van der Waals surface area contributed by atoms with E-state index in [9.17, 15) is 0 Å². The maximum absolute atomic E-state index is 6.22. The van der Waals surface area contributed by atoms with Gasteiger partial charge < -0.3 is 22.8 Å². The molecule has 0 radical (unpaired) electrons. The summed E-state index contributed by atoms with van der Waals surface area (Å²) in [6.07, 6.45) is 1.91. The summed E-state index contributed by atoms with van der Waals surface area (Å²) in [6, 6.07) is 7.26. The molecule has 28 heavy (non-hydrogen) atoms. The monoisotopic (exact) mass is 410 g/mol. The van der Waals surface area contributed by atoms with Crippen LogP contribution >= 0.6 is 0 Å². The van der Waals surface area contributed by atoms with Crippen LogP contribution in [0.1, 0.15) is 66.0 Å². The second-order valence-corrected chi connectivity index (χ2v) is 11.1. The molecule has 0 aliphatic carbocycles. The third-order valence-corrected chi connectivity index (χ3v) is 8.49. The predicted octanol–water partition coefficient (Wildman–Crippen LogP) is 5.34. The molecule has 2 rings (SSSR count). The Balaban J connectivity index is 2.01. The lowest BCUT2D eigenvalue weighted by Gasteiger charge is -2.44. The van der Waals surface area contributed by atoms with Gasteiger partial charge in [-0.1, -0.05) is 26.8 Å². The molecular formula is C22H38O5Si. The molecule has 1 aromatic rings. The van der Waals surface area contributed by atoms with Crippen LogP contribution in [-0.2, 0) is 31.0 Å². The fourth-order valence-corrected chi connectivity index (χ4v) is 5.95. The zero-order valence-electron chi connectivity index (χ0n) is 18.7. The molecule has 0 fully saturated rings. The zero-order valence-corrected chi connectivity index (χ0v) is 19.7. The lowest BCUT2D eigenvalue weighted by Crippen LogP contribution is -2.49. The third kappa shape index (κ3) is 5.57. The Morgan fingerprint density at radius 2 is 1.64 bits per heavy atom. The normalized spacial score (nSPS) is 20.0. The van der Waals surface area contributed by atoms with E-state index in [0.717, 1.165) is 30.2 Å². The molecule has 0 saturated carbocycles. The minimum absolute atomic E-state index is 0.102. The Labute approximate surface area is 172 Å². The molecule has 0 aromatic heterocycles. The van der Waals surface area contributed by atoms with Crippen molar-refractivity contribution < 1.29 is 22.8 Å². The summed E-state index contributed by atoms with van der Waals surface area (Å²) in [7, 11) is -2.57. The van der Waals surface area contributed by atoms with Crippen molar-refractivity contribution in [1.29, 1.82) is 0 Å². The largest absolute Gasteiger partial charge is 0.500 e. The molecule has 0 N–H and O–H groups in total. The molecule has 6 heteroatoms. The third-order valence-electron chi connectivity index (χ3n) is 5.34. The highest BCUT2D eigenvalue weighted by Gasteiger charge is 2.44. The highest BCUT2D eigenvalue weighted by atomic mass is 28.4. The maximum atomic E-state index is 6.22. The molecule has 0 amide bonds. The van der Waals surface area contributed by atoms with Gasteiger partial charge in [-0.15, -0.1) is 0 Å². The first-order valence-electron chi connectivity index (χ1n) is 10.5. The molecule has 160 valence electrons. The van der Waals surface area contributed by atoms with Gasteiger partial charge in [0.05, 0.1) is 6.61 Å². The molecule has 1 aliphatic rings. The molecule has 5 nitrogen and oxygen atoms in total. The van der Waals surface area contributed by atoms with Crippen molar-refractivity contribution in [3.63, 3.8) is 0 Å². The lowest BCUT2D eigenvalue weighted by molar-refractivity contribution is -0.249. The van der Waals surface area contributed by atoms with Gasteiger partial charge in [-0.2, -0.15) is 0 Å². The van der Waals surface area contributed by atoms with Crippen LogP contribution in [0.5, 0.6) is 5.75 Å². The van der Waals surface area contributed by atoms with Crippen molar-refractivity contribution in [3.05, 3.63) is 29.3 Å². The van der Waals surface area contributed by atoms with E-state index < -0.39 is 14.6 Å². The van der Waals surface area contributed by atoms with Crippen LogP contribution in [-0.4, -0.2) is 34.4 Å². The van der Waals surface area contributed by atoms with E-state index in [-0.39, 0.29) is 5.41 Å². The van der Waals surface area contributed by atoms with Crippen molar-refractivity contribution in [2.75, 3.05) is 19.8 Å². The first kappa shape index (κ1) is 23.4. The number of rotatable bonds is 10. The van der Waals surface area contributed by atoms with Crippen LogP contribution in [0.15, 0.2) is 18.2 Å². The van der Waals surface area contributed by atoms with E-state index in [0.29, 0.717) is 26.4 Å². The Kier molecular flexibility index (Phi) is 8.11. The molecule has 1 heterocycles. The Hall–Kier alpha value is -0.923. The van der Waals surface area contributed by atoms with Gasteiger partial charge in [-0.25, -0.2) is 0 Å². The van der Waals surface area contributed by atoms with Crippen LogP contribution in [0, 0.1) is 5.41 Å². The molecule has 1 atom stereocenters. The molecule has 0 bridgehead atoms. The molecule has 0 saturated heterocycles. The minimum Gasteiger partial charge on any atom is -0.462 e. The Morgan fingerprint density at radius 3 is 2.18 bits per heavy atom. The zero-order chi connectivity index (χ0) is 20.8. The summed E-state index contributed by atoms with van der Waals surface area (Å²) in [6.45, 7) is 16.8. The van der Waals surface area contributed by atoms with Gasteiger partial charge in [0.1, 0.15) is 5.75 Å². The number of hydrogen-bond acceptors (Lipinski definition) is 5. The van der Waals surface area contributed by atoms with Gasteiger partial charge >= 0.3 is 8.80 Å². The second kappa shape index (κ2) is 9.72. The van der Waals surface area contributed by atoms with Crippen molar-refractivity contribution >= 4 is 8.80 Å². The fraction of sp³-hybridized carbons (Fsp3) is 0.727. The van der Waals surface area contributed by atoms with E-state index in [1.165, 1.54) is 5.56 Å². The van der Waals surface area contributed by atoms with Gasteiger partial charge in [0.25, 0.3) is 0 Å². The quantitative estimate of drug-likeness (QED) is 0.487. The van der Waals surface area contributed by atoms with Gasteiger partial charge in [0.15, 0.2) is 0 Å². The van der Waals surface area contributed by atoms with Crippen LogP contribution < -0.4 is 4.74 Å². The van der Waals surface area contributed by atoms with Crippen LogP contribution in [0.3, 0.4) is 0 Å². The van der Waals surface area contributed by atoms with Gasteiger partial charge in [-0.3, -0.25) is 0 Å². The maximum Gasteiger partial charge on any atom is 0.500 e. The van der Waals surface area contributed by atoms with Crippen molar-refractivity contribution in [3.8, 4) is 5.75 Å². The second-order valence-electron chi connectivity index (χ2n) is 8.36. The molecule has 1 aliphatic heterocycles. The Morgan fingerprint density at radius 1 is 1.04 bits per heavy atom. The fourth-order valence-electron chi connectivity index (χ4n) is 3.34. The first-order chi connectivity index (χ1) is 13.2. The molecule has 1 unspecified atom stereocenters. The minimum atomic E-state index is -2.57. The summed E-state index contributed by atoms with van der Waals surface area (Å²) >= 11 is 0. The van der Waals surface area contributed by atoms with Crippen LogP contribution in [0.2, 0.25) is 6.04 Å². The van der Waals surface area contributed by atoms with Crippen LogP contribution in [0.4, 0.5) is 0 Å². The first-order valence-corrected chi connectivity index (χ1v) is 12.5. The number of ether oxygens (including phenoxy) is 2. The Bertz CT molecular complexity index is 611. The topological polar surface area (TPSA) is 46.2 Å². The summed E-state index contributed by atoms with van der Waals surface area (Å²) in [5, 5.41) is 0. The van der Waals surface area contributed by atoms with E-state index in [1.54, 1.807) is 0 Å². The standard InChI is InChI=1S/C22H38O5Si/c1-8-24-28(25-9-2,26-10-3)15-11-12-18-13-14-20-19(16-18)17-23-22(7,27-20)21(4,5)6/h13-14,16H,8-12,15,17H2,1-7H3. The number of aryl methyl sites for hydroxylation is 1. The highest BCUT2D eigenvalue weighted by molar-refractivity contribution is 6.60. The van der Waals surface area contributed by atoms with Gasteiger partial charge in [0, 0.05) is 43.8 Å². The smallest absolute Gasteiger partial charge is 0.462 e. The van der Waals surface area contributed by atoms with E-state index in [4.69, 9.17) is 22.8 Å². The summed E-state index contributed by atoms with van der Waals surface area (Å²) in [5.41, 5.74) is 2.29. The molecule has 1 aromatic carbocycles. The number of hydrogen-bond donors (Lipinski definition) is 0. The number of fused-ring (bicyclic) bond motifs is 1. The van der Waals surface area contributed by atoms with Crippen molar-refractivity contribution in [2.45, 2.75) is 79.7 Å². The molecule has 0 spiro atoms. The summed E-state index contributed by atoms with van der Waals surface area (Å²) in [4.78, 5) is 0. The van der Waals surface area contributed by atoms with E-state index in [1.807, 2.05) is 27.7 Å². The van der Waals surface area contributed by atoms with E-state index in [2.05, 4.69) is 39.0 Å². The average molecular weight is 411 g/mol.